The summed E-state index contributed by atoms with van der Waals surface area (Å²) in [6, 6.07) is 6.12. The molecule has 0 spiro atoms. The minimum atomic E-state index is 0.830. The van der Waals surface area contributed by atoms with E-state index in [2.05, 4.69) is 26.9 Å². The van der Waals surface area contributed by atoms with Gasteiger partial charge in [0.15, 0.2) is 0 Å². The molecule has 0 aliphatic carbocycles. The van der Waals surface area contributed by atoms with Crippen LogP contribution in [0.4, 0.5) is 0 Å². The molecule has 1 fully saturated rings. The van der Waals surface area contributed by atoms with Gasteiger partial charge in [0, 0.05) is 29.7 Å². The van der Waals surface area contributed by atoms with Crippen molar-refractivity contribution in [1.82, 2.24) is 4.90 Å². The van der Waals surface area contributed by atoms with Crippen molar-refractivity contribution < 1.29 is 9.47 Å². The largest absolute Gasteiger partial charge is 0.496 e. The van der Waals surface area contributed by atoms with Crippen LogP contribution in [0.1, 0.15) is 5.56 Å². The van der Waals surface area contributed by atoms with Crippen molar-refractivity contribution in [3.05, 3.63) is 28.2 Å². The summed E-state index contributed by atoms with van der Waals surface area (Å²) in [5.41, 5.74) is 1.22. The Morgan fingerprint density at radius 1 is 1.38 bits per heavy atom. The molecule has 1 saturated heterocycles. The molecular weight excluding hydrogens is 270 g/mol. The zero-order valence-electron chi connectivity index (χ0n) is 9.41. The minimum absolute atomic E-state index is 0.830. The van der Waals surface area contributed by atoms with E-state index in [1.165, 1.54) is 5.56 Å². The van der Waals surface area contributed by atoms with Crippen LogP contribution in [0.15, 0.2) is 22.7 Å². The first-order valence-electron chi connectivity index (χ1n) is 5.42. The number of morpholine rings is 1. The maximum atomic E-state index is 5.36. The van der Waals surface area contributed by atoms with Gasteiger partial charge in [0.2, 0.25) is 0 Å². The lowest BCUT2D eigenvalue weighted by molar-refractivity contribution is 0.0339. The Morgan fingerprint density at radius 2 is 2.12 bits per heavy atom. The van der Waals surface area contributed by atoms with Crippen LogP contribution in [0, 0.1) is 0 Å². The zero-order valence-corrected chi connectivity index (χ0v) is 11.0. The molecule has 0 aromatic heterocycles. The van der Waals surface area contributed by atoms with Gasteiger partial charge in [0.1, 0.15) is 5.75 Å². The monoisotopic (exact) mass is 285 g/mol. The third-order valence-corrected chi connectivity index (χ3v) is 3.23. The number of methoxy groups -OCH3 is 1. The molecule has 2 rings (SSSR count). The van der Waals surface area contributed by atoms with Crippen LogP contribution in [0.3, 0.4) is 0 Å². The summed E-state index contributed by atoms with van der Waals surface area (Å²) in [4.78, 5) is 2.38. The summed E-state index contributed by atoms with van der Waals surface area (Å²) in [6.45, 7) is 4.57. The summed E-state index contributed by atoms with van der Waals surface area (Å²) in [7, 11) is 1.71. The molecule has 1 aliphatic heterocycles. The zero-order chi connectivity index (χ0) is 11.4. The normalized spacial score (nSPS) is 17.4. The van der Waals surface area contributed by atoms with E-state index in [-0.39, 0.29) is 0 Å². The molecule has 1 aromatic rings. The minimum Gasteiger partial charge on any atom is -0.496 e. The summed E-state index contributed by atoms with van der Waals surface area (Å²) < 4.78 is 11.8. The Morgan fingerprint density at radius 3 is 2.81 bits per heavy atom. The second-order valence-electron chi connectivity index (χ2n) is 3.84. The lowest BCUT2D eigenvalue weighted by Gasteiger charge is -2.27. The summed E-state index contributed by atoms with van der Waals surface area (Å²) >= 11 is 3.49. The van der Waals surface area contributed by atoms with Crippen molar-refractivity contribution in [1.29, 1.82) is 0 Å². The van der Waals surface area contributed by atoms with Gasteiger partial charge in [-0.25, -0.2) is 0 Å². The highest BCUT2D eigenvalue weighted by atomic mass is 79.9. The van der Waals surface area contributed by atoms with Gasteiger partial charge in [-0.05, 0) is 18.2 Å². The van der Waals surface area contributed by atoms with Crippen LogP contribution in [0.5, 0.6) is 5.75 Å². The number of halogens is 1. The molecular formula is C12H16BrNO2. The highest BCUT2D eigenvalue weighted by Gasteiger charge is 2.13. The topological polar surface area (TPSA) is 21.7 Å². The van der Waals surface area contributed by atoms with Crippen molar-refractivity contribution >= 4 is 15.9 Å². The standard InChI is InChI=1S/C12H16BrNO2/c1-15-12-3-2-11(13)8-10(12)9-14-4-6-16-7-5-14/h2-3,8H,4-7,9H2,1H3. The molecule has 0 unspecified atom stereocenters. The molecule has 0 radical (unpaired) electrons. The third kappa shape index (κ3) is 2.97. The van der Waals surface area contributed by atoms with E-state index in [4.69, 9.17) is 9.47 Å². The van der Waals surface area contributed by atoms with Crippen molar-refractivity contribution in [2.45, 2.75) is 6.54 Å². The van der Waals surface area contributed by atoms with E-state index in [1.807, 2.05) is 12.1 Å². The predicted molar refractivity (Wildman–Crippen MR) is 66.8 cm³/mol. The molecule has 1 aromatic carbocycles. The summed E-state index contributed by atoms with van der Waals surface area (Å²) in [5, 5.41) is 0. The lowest BCUT2D eigenvalue weighted by atomic mass is 10.2. The molecule has 0 atom stereocenters. The summed E-state index contributed by atoms with van der Waals surface area (Å²) in [6.07, 6.45) is 0. The quantitative estimate of drug-likeness (QED) is 0.851. The van der Waals surface area contributed by atoms with Gasteiger partial charge in [0.25, 0.3) is 0 Å². The molecule has 3 nitrogen and oxygen atoms in total. The number of rotatable bonds is 3. The van der Waals surface area contributed by atoms with Gasteiger partial charge in [0.05, 0.1) is 20.3 Å². The Bertz CT molecular complexity index is 351. The van der Waals surface area contributed by atoms with Crippen LogP contribution in [-0.2, 0) is 11.3 Å². The average Bonchev–Trinajstić information content (AvgIpc) is 2.31. The molecule has 0 saturated carbocycles. The molecule has 88 valence electrons. The fourth-order valence-electron chi connectivity index (χ4n) is 1.87. The first-order valence-corrected chi connectivity index (χ1v) is 6.21. The Labute approximate surface area is 104 Å². The van der Waals surface area contributed by atoms with Crippen LogP contribution >= 0.6 is 15.9 Å². The van der Waals surface area contributed by atoms with Crippen LogP contribution in [0.2, 0.25) is 0 Å². The molecule has 0 amide bonds. The van der Waals surface area contributed by atoms with E-state index >= 15 is 0 Å². The molecule has 4 heteroatoms. The number of benzene rings is 1. The lowest BCUT2D eigenvalue weighted by Crippen LogP contribution is -2.35. The van der Waals surface area contributed by atoms with Crippen molar-refractivity contribution in [2.75, 3.05) is 33.4 Å². The van der Waals surface area contributed by atoms with Crippen LogP contribution in [0.25, 0.3) is 0 Å². The number of nitrogens with zero attached hydrogens (tertiary/aromatic N) is 1. The number of hydrogen-bond acceptors (Lipinski definition) is 3. The summed E-state index contributed by atoms with van der Waals surface area (Å²) in [5.74, 6) is 0.953. The van der Waals surface area contributed by atoms with E-state index in [9.17, 15) is 0 Å². The molecule has 16 heavy (non-hydrogen) atoms. The molecule has 1 aliphatic rings. The second kappa shape index (κ2) is 5.66. The van der Waals surface area contributed by atoms with Gasteiger partial charge in [-0.2, -0.15) is 0 Å². The number of ether oxygens (including phenoxy) is 2. The third-order valence-electron chi connectivity index (χ3n) is 2.74. The Hall–Kier alpha value is -0.580. The van der Waals surface area contributed by atoms with Gasteiger partial charge >= 0.3 is 0 Å². The Kier molecular flexibility index (Phi) is 4.21. The Balaban J connectivity index is 2.09. The first kappa shape index (κ1) is 11.9. The van der Waals surface area contributed by atoms with Crippen molar-refractivity contribution in [2.24, 2.45) is 0 Å². The second-order valence-corrected chi connectivity index (χ2v) is 4.76. The van der Waals surface area contributed by atoms with Crippen LogP contribution < -0.4 is 4.74 Å². The van der Waals surface area contributed by atoms with E-state index < -0.39 is 0 Å². The maximum absolute atomic E-state index is 5.36. The van der Waals surface area contributed by atoms with Gasteiger partial charge < -0.3 is 9.47 Å². The maximum Gasteiger partial charge on any atom is 0.123 e. The van der Waals surface area contributed by atoms with Gasteiger partial charge in [-0.3, -0.25) is 4.90 Å². The predicted octanol–water partition coefficient (Wildman–Crippen LogP) is 2.29. The van der Waals surface area contributed by atoms with Gasteiger partial charge in [-0.15, -0.1) is 0 Å². The van der Waals surface area contributed by atoms with E-state index in [1.54, 1.807) is 7.11 Å². The van der Waals surface area contributed by atoms with E-state index in [0.717, 1.165) is 43.1 Å². The van der Waals surface area contributed by atoms with Crippen molar-refractivity contribution in [3.63, 3.8) is 0 Å². The SMILES string of the molecule is COc1ccc(Br)cc1CN1CCOCC1. The van der Waals surface area contributed by atoms with Crippen LogP contribution in [-0.4, -0.2) is 38.3 Å². The van der Waals surface area contributed by atoms with Gasteiger partial charge in [-0.1, -0.05) is 15.9 Å². The molecule has 0 bridgehead atoms. The van der Waals surface area contributed by atoms with E-state index in [0.29, 0.717) is 0 Å². The smallest absolute Gasteiger partial charge is 0.123 e. The highest BCUT2D eigenvalue weighted by molar-refractivity contribution is 9.10. The molecule has 0 N–H and O–H groups in total. The highest BCUT2D eigenvalue weighted by Crippen LogP contribution is 2.24. The first-order chi connectivity index (χ1) is 7.79. The number of hydrogen-bond donors (Lipinski definition) is 0. The molecule has 1 heterocycles. The fraction of sp³-hybridized carbons (Fsp3) is 0.500. The average molecular weight is 286 g/mol. The fourth-order valence-corrected chi connectivity index (χ4v) is 2.28. The van der Waals surface area contributed by atoms with Crippen molar-refractivity contribution in [3.8, 4) is 5.75 Å².